The van der Waals surface area contributed by atoms with Gasteiger partial charge in [0.05, 0.1) is 17.9 Å². The third-order valence-corrected chi connectivity index (χ3v) is 5.65. The van der Waals surface area contributed by atoms with Gasteiger partial charge in [0.1, 0.15) is 5.00 Å². The lowest BCUT2D eigenvalue weighted by Gasteiger charge is -2.10. The van der Waals surface area contributed by atoms with Crippen molar-refractivity contribution in [3.63, 3.8) is 0 Å². The van der Waals surface area contributed by atoms with Crippen LogP contribution in [0, 0.1) is 6.92 Å². The molecule has 0 amide bonds. The standard InChI is InChI=1S/C22H26N4O2S2/c1-3-28-21(27)19-15-18(14-17-8-5-4-6-9-17)30-20(19)24-22(29)23-11-7-12-26-13-10-16(2)25-26/h4-6,8-10,13,15H,3,7,11-12,14H2,1-2H3,(H2,23,24,29). The van der Waals surface area contributed by atoms with E-state index in [0.717, 1.165) is 30.0 Å². The van der Waals surface area contributed by atoms with Crippen LogP contribution in [0.3, 0.4) is 0 Å². The third-order valence-electron chi connectivity index (χ3n) is 4.35. The molecule has 0 saturated carbocycles. The van der Waals surface area contributed by atoms with E-state index in [4.69, 9.17) is 17.0 Å². The average molecular weight is 443 g/mol. The minimum Gasteiger partial charge on any atom is -0.462 e. The molecule has 0 unspecified atom stereocenters. The molecule has 0 aliphatic carbocycles. The molecule has 3 aromatic rings. The minimum atomic E-state index is -0.340. The van der Waals surface area contributed by atoms with Crippen LogP contribution < -0.4 is 10.6 Å². The molecule has 1 aromatic carbocycles. The van der Waals surface area contributed by atoms with Gasteiger partial charge in [-0.1, -0.05) is 30.3 Å². The molecule has 0 aliphatic heterocycles. The van der Waals surface area contributed by atoms with E-state index < -0.39 is 0 Å². The van der Waals surface area contributed by atoms with E-state index in [1.165, 1.54) is 16.9 Å². The summed E-state index contributed by atoms with van der Waals surface area (Å²) in [5, 5.41) is 11.9. The molecule has 6 nitrogen and oxygen atoms in total. The fourth-order valence-corrected chi connectivity index (χ4v) is 4.31. The number of carbonyl (C=O) groups excluding carboxylic acids is 1. The Bertz CT molecular complexity index is 982. The van der Waals surface area contributed by atoms with Crippen LogP contribution in [0.5, 0.6) is 0 Å². The Kier molecular flexibility index (Phi) is 7.98. The number of hydrogen-bond donors (Lipinski definition) is 2. The first-order chi connectivity index (χ1) is 14.5. The molecule has 2 aromatic heterocycles. The topological polar surface area (TPSA) is 68.2 Å². The molecule has 2 N–H and O–H groups in total. The molecule has 0 bridgehead atoms. The highest BCUT2D eigenvalue weighted by Crippen LogP contribution is 2.30. The van der Waals surface area contributed by atoms with Gasteiger partial charge in [0.2, 0.25) is 0 Å². The van der Waals surface area contributed by atoms with Gasteiger partial charge in [-0.2, -0.15) is 5.10 Å². The van der Waals surface area contributed by atoms with Crippen LogP contribution in [0.4, 0.5) is 5.00 Å². The summed E-state index contributed by atoms with van der Waals surface area (Å²) in [7, 11) is 0. The van der Waals surface area contributed by atoms with Crippen molar-refractivity contribution in [2.45, 2.75) is 33.2 Å². The number of aromatic nitrogens is 2. The van der Waals surface area contributed by atoms with E-state index in [9.17, 15) is 4.79 Å². The van der Waals surface area contributed by atoms with Crippen molar-refractivity contribution in [3.8, 4) is 0 Å². The summed E-state index contributed by atoms with van der Waals surface area (Å²) >= 11 is 6.95. The first-order valence-electron chi connectivity index (χ1n) is 9.94. The number of aryl methyl sites for hydroxylation is 2. The van der Waals surface area contributed by atoms with Gasteiger partial charge in [0.25, 0.3) is 0 Å². The van der Waals surface area contributed by atoms with Gasteiger partial charge >= 0.3 is 5.97 Å². The van der Waals surface area contributed by atoms with Crippen molar-refractivity contribution in [1.82, 2.24) is 15.1 Å². The summed E-state index contributed by atoms with van der Waals surface area (Å²) in [4.78, 5) is 13.5. The molecule has 8 heteroatoms. The normalized spacial score (nSPS) is 10.6. The van der Waals surface area contributed by atoms with Crippen LogP contribution >= 0.6 is 23.6 Å². The van der Waals surface area contributed by atoms with E-state index in [-0.39, 0.29) is 5.97 Å². The number of benzene rings is 1. The Hall–Kier alpha value is -2.71. The Balaban J connectivity index is 1.59. The summed E-state index contributed by atoms with van der Waals surface area (Å²) in [6.07, 6.45) is 3.61. The lowest BCUT2D eigenvalue weighted by atomic mass is 10.1. The molecule has 0 saturated heterocycles. The highest BCUT2D eigenvalue weighted by Gasteiger charge is 2.18. The van der Waals surface area contributed by atoms with Gasteiger partial charge in [-0.25, -0.2) is 4.79 Å². The summed E-state index contributed by atoms with van der Waals surface area (Å²) in [6.45, 7) is 5.63. The number of hydrogen-bond acceptors (Lipinski definition) is 5. The molecule has 30 heavy (non-hydrogen) atoms. The molecule has 158 valence electrons. The maximum absolute atomic E-state index is 12.4. The highest BCUT2D eigenvalue weighted by atomic mass is 32.1. The fraction of sp³-hybridized carbons (Fsp3) is 0.318. The lowest BCUT2D eigenvalue weighted by Crippen LogP contribution is -2.30. The van der Waals surface area contributed by atoms with Gasteiger partial charge in [0.15, 0.2) is 5.11 Å². The number of rotatable bonds is 9. The minimum absolute atomic E-state index is 0.331. The molecule has 0 radical (unpaired) electrons. The molecular formula is C22H26N4O2S2. The number of esters is 1. The molecule has 0 spiro atoms. The molecule has 0 fully saturated rings. The summed E-state index contributed by atoms with van der Waals surface area (Å²) in [5.41, 5.74) is 2.72. The van der Waals surface area contributed by atoms with Crippen molar-refractivity contribution in [2.75, 3.05) is 18.5 Å². The van der Waals surface area contributed by atoms with Gasteiger partial charge in [0, 0.05) is 30.6 Å². The van der Waals surface area contributed by atoms with Crippen LogP contribution in [0.15, 0.2) is 48.7 Å². The van der Waals surface area contributed by atoms with Crippen LogP contribution in [-0.2, 0) is 17.7 Å². The second-order valence-electron chi connectivity index (χ2n) is 6.79. The molecular weight excluding hydrogens is 416 g/mol. The van der Waals surface area contributed by atoms with Crippen molar-refractivity contribution < 1.29 is 9.53 Å². The summed E-state index contributed by atoms with van der Waals surface area (Å²) < 4.78 is 7.14. The van der Waals surface area contributed by atoms with E-state index in [1.807, 2.05) is 48.1 Å². The molecule has 0 aliphatic rings. The van der Waals surface area contributed by atoms with Gasteiger partial charge < -0.3 is 15.4 Å². The monoisotopic (exact) mass is 442 g/mol. The number of thiophene rings is 1. The first kappa shape index (κ1) is 22.0. The SMILES string of the molecule is CCOC(=O)c1cc(Cc2ccccc2)sc1NC(=S)NCCCn1ccc(C)n1. The smallest absolute Gasteiger partial charge is 0.341 e. The number of anilines is 1. The number of carbonyl (C=O) groups is 1. The molecule has 3 rings (SSSR count). The summed E-state index contributed by atoms with van der Waals surface area (Å²) in [5.74, 6) is -0.340. The van der Waals surface area contributed by atoms with Crippen LogP contribution in [-0.4, -0.2) is 34.0 Å². The van der Waals surface area contributed by atoms with E-state index in [2.05, 4.69) is 27.9 Å². The molecule has 0 atom stereocenters. The third kappa shape index (κ3) is 6.40. The second kappa shape index (κ2) is 10.9. The van der Waals surface area contributed by atoms with E-state index in [0.29, 0.717) is 28.8 Å². The van der Waals surface area contributed by atoms with Crippen LogP contribution in [0.25, 0.3) is 0 Å². The van der Waals surface area contributed by atoms with E-state index >= 15 is 0 Å². The zero-order valence-corrected chi connectivity index (χ0v) is 18.8. The number of nitrogens with one attached hydrogen (secondary N) is 2. The second-order valence-corrected chi connectivity index (χ2v) is 8.34. The van der Waals surface area contributed by atoms with Crippen LogP contribution in [0.2, 0.25) is 0 Å². The molecule has 2 heterocycles. The number of thiocarbonyl (C=S) groups is 1. The maximum Gasteiger partial charge on any atom is 0.341 e. The zero-order valence-electron chi connectivity index (χ0n) is 17.2. The Morgan fingerprint density at radius 2 is 2.07 bits per heavy atom. The van der Waals surface area contributed by atoms with Gasteiger partial charge in [-0.15, -0.1) is 11.3 Å². The Morgan fingerprint density at radius 3 is 2.77 bits per heavy atom. The Labute approximate surface area is 186 Å². The van der Waals surface area contributed by atoms with Crippen LogP contribution in [0.1, 0.15) is 39.8 Å². The van der Waals surface area contributed by atoms with Gasteiger partial charge in [-0.05, 0) is 50.2 Å². The summed E-state index contributed by atoms with van der Waals surface area (Å²) in [6, 6.07) is 14.0. The van der Waals surface area contributed by atoms with Gasteiger partial charge in [-0.3, -0.25) is 4.68 Å². The van der Waals surface area contributed by atoms with Crippen molar-refractivity contribution in [3.05, 3.63) is 70.4 Å². The first-order valence-corrected chi connectivity index (χ1v) is 11.2. The van der Waals surface area contributed by atoms with Crippen molar-refractivity contribution >= 4 is 39.6 Å². The number of ether oxygens (including phenoxy) is 1. The quantitative estimate of drug-likeness (QED) is 0.291. The fourth-order valence-electron chi connectivity index (χ4n) is 2.96. The largest absolute Gasteiger partial charge is 0.462 e. The van der Waals surface area contributed by atoms with E-state index in [1.54, 1.807) is 6.92 Å². The highest BCUT2D eigenvalue weighted by molar-refractivity contribution is 7.80. The predicted molar refractivity (Wildman–Crippen MR) is 125 cm³/mol. The van der Waals surface area contributed by atoms with Crippen molar-refractivity contribution in [1.29, 1.82) is 0 Å². The number of nitrogens with zero attached hydrogens (tertiary/aromatic N) is 2. The zero-order chi connectivity index (χ0) is 21.3. The lowest BCUT2D eigenvalue weighted by molar-refractivity contribution is 0.0528. The average Bonchev–Trinajstić information content (AvgIpc) is 3.32. The van der Waals surface area contributed by atoms with Crippen molar-refractivity contribution in [2.24, 2.45) is 0 Å². The maximum atomic E-state index is 12.4. The predicted octanol–water partition coefficient (Wildman–Crippen LogP) is 4.40. The Morgan fingerprint density at radius 1 is 1.27 bits per heavy atom.